The van der Waals surface area contributed by atoms with Crippen molar-refractivity contribution in [1.29, 1.82) is 0 Å². The Morgan fingerprint density at radius 3 is 3.29 bits per heavy atom. The van der Waals surface area contributed by atoms with E-state index in [0.717, 1.165) is 43.5 Å². The lowest BCUT2D eigenvalue weighted by atomic mass is 10.2. The molecule has 0 spiro atoms. The molecule has 2 heterocycles. The van der Waals surface area contributed by atoms with Gasteiger partial charge in [0, 0.05) is 25.0 Å². The van der Waals surface area contributed by atoms with E-state index in [9.17, 15) is 0 Å². The molecular formula is C12H21N3OS. The van der Waals surface area contributed by atoms with Crippen molar-refractivity contribution in [3.05, 3.63) is 16.1 Å². The molecule has 0 bridgehead atoms. The molecule has 5 heteroatoms. The number of thiazole rings is 1. The van der Waals surface area contributed by atoms with Crippen LogP contribution in [0.15, 0.2) is 5.38 Å². The van der Waals surface area contributed by atoms with Crippen molar-refractivity contribution in [3.63, 3.8) is 0 Å². The zero-order valence-corrected chi connectivity index (χ0v) is 11.4. The van der Waals surface area contributed by atoms with Crippen LogP contribution in [0.4, 0.5) is 0 Å². The van der Waals surface area contributed by atoms with Crippen molar-refractivity contribution in [3.8, 4) is 0 Å². The van der Waals surface area contributed by atoms with Gasteiger partial charge in [0.25, 0.3) is 0 Å². The van der Waals surface area contributed by atoms with Crippen LogP contribution in [0.25, 0.3) is 0 Å². The molecule has 96 valence electrons. The molecule has 1 unspecified atom stereocenters. The molecule has 0 aromatic carbocycles. The summed E-state index contributed by atoms with van der Waals surface area (Å²) >= 11 is 1.71. The fraction of sp³-hybridized carbons (Fsp3) is 0.750. The molecule has 0 amide bonds. The number of hydrogen-bond acceptors (Lipinski definition) is 5. The van der Waals surface area contributed by atoms with Crippen LogP contribution in [0.3, 0.4) is 0 Å². The summed E-state index contributed by atoms with van der Waals surface area (Å²) in [6.45, 7) is 7.08. The quantitative estimate of drug-likeness (QED) is 0.868. The van der Waals surface area contributed by atoms with Crippen molar-refractivity contribution in [2.75, 3.05) is 33.3 Å². The van der Waals surface area contributed by atoms with E-state index >= 15 is 0 Å². The Hall–Kier alpha value is -0.490. The van der Waals surface area contributed by atoms with Crippen LogP contribution in [-0.2, 0) is 11.3 Å². The maximum Gasteiger partial charge on any atom is 0.123 e. The van der Waals surface area contributed by atoms with Crippen molar-refractivity contribution in [1.82, 2.24) is 15.2 Å². The molecule has 1 fully saturated rings. The molecule has 0 aliphatic carbocycles. The fourth-order valence-corrected chi connectivity index (χ4v) is 2.96. The molecule has 4 nitrogen and oxygen atoms in total. The number of hydrogen-bond donors (Lipinski definition) is 1. The smallest absolute Gasteiger partial charge is 0.123 e. The van der Waals surface area contributed by atoms with E-state index < -0.39 is 0 Å². The maximum absolute atomic E-state index is 5.82. The summed E-state index contributed by atoms with van der Waals surface area (Å²) in [7, 11) is 1.94. The Balaban J connectivity index is 1.95. The second-order valence-corrected chi connectivity index (χ2v) is 5.26. The van der Waals surface area contributed by atoms with Crippen LogP contribution in [0.5, 0.6) is 0 Å². The molecule has 1 aromatic rings. The Morgan fingerprint density at radius 1 is 1.65 bits per heavy atom. The lowest BCUT2D eigenvalue weighted by Gasteiger charge is -2.31. The van der Waals surface area contributed by atoms with Crippen molar-refractivity contribution >= 4 is 11.3 Å². The van der Waals surface area contributed by atoms with Crippen LogP contribution in [0, 0.1) is 0 Å². The van der Waals surface area contributed by atoms with Gasteiger partial charge in [0.1, 0.15) is 11.1 Å². The van der Waals surface area contributed by atoms with Gasteiger partial charge in [0.2, 0.25) is 0 Å². The summed E-state index contributed by atoms with van der Waals surface area (Å²) in [6, 6.07) is 0. The molecule has 2 rings (SSSR count). The van der Waals surface area contributed by atoms with E-state index in [1.54, 1.807) is 11.3 Å². The van der Waals surface area contributed by atoms with Crippen LogP contribution in [-0.4, -0.2) is 43.2 Å². The third-order valence-corrected chi connectivity index (χ3v) is 3.88. The van der Waals surface area contributed by atoms with Crippen LogP contribution in [0.2, 0.25) is 0 Å². The topological polar surface area (TPSA) is 37.4 Å². The number of morpholine rings is 1. The van der Waals surface area contributed by atoms with E-state index in [0.29, 0.717) is 0 Å². The maximum atomic E-state index is 5.82. The number of nitrogens with one attached hydrogen (secondary N) is 1. The summed E-state index contributed by atoms with van der Waals surface area (Å²) < 4.78 is 5.82. The zero-order chi connectivity index (χ0) is 12.1. The third-order valence-electron chi connectivity index (χ3n) is 2.89. The van der Waals surface area contributed by atoms with Crippen LogP contribution >= 0.6 is 11.3 Å². The molecule has 0 saturated carbocycles. The first-order chi connectivity index (χ1) is 8.33. The van der Waals surface area contributed by atoms with E-state index in [1.165, 1.54) is 6.42 Å². The predicted molar refractivity (Wildman–Crippen MR) is 70.3 cm³/mol. The Kier molecular flexibility index (Phi) is 4.91. The minimum atomic E-state index is 0.172. The lowest BCUT2D eigenvalue weighted by Crippen LogP contribution is -2.38. The Bertz CT molecular complexity index is 340. The molecule has 1 aromatic heterocycles. The second-order valence-electron chi connectivity index (χ2n) is 4.37. The number of ether oxygens (including phenoxy) is 1. The summed E-state index contributed by atoms with van der Waals surface area (Å²) in [5.74, 6) is 0. The van der Waals surface area contributed by atoms with Gasteiger partial charge in [-0.2, -0.15) is 0 Å². The summed E-state index contributed by atoms with van der Waals surface area (Å²) in [4.78, 5) is 7.09. The molecule has 1 aliphatic heterocycles. The first-order valence-corrected chi connectivity index (χ1v) is 7.14. The van der Waals surface area contributed by atoms with Gasteiger partial charge in [-0.25, -0.2) is 4.98 Å². The second kappa shape index (κ2) is 6.44. The van der Waals surface area contributed by atoms with Crippen LogP contribution in [0.1, 0.15) is 30.2 Å². The highest BCUT2D eigenvalue weighted by atomic mass is 32.1. The molecule has 17 heavy (non-hydrogen) atoms. The molecule has 1 aliphatic rings. The average molecular weight is 255 g/mol. The van der Waals surface area contributed by atoms with E-state index in [2.05, 4.69) is 27.5 Å². The van der Waals surface area contributed by atoms with Crippen LogP contribution < -0.4 is 5.32 Å². The van der Waals surface area contributed by atoms with Gasteiger partial charge in [-0.3, -0.25) is 4.90 Å². The summed E-state index contributed by atoms with van der Waals surface area (Å²) in [5, 5.41) is 6.36. The Labute approximate surface area is 107 Å². The van der Waals surface area contributed by atoms with Crippen molar-refractivity contribution < 1.29 is 4.74 Å². The highest BCUT2D eigenvalue weighted by Gasteiger charge is 2.23. The van der Waals surface area contributed by atoms with Gasteiger partial charge in [0.15, 0.2) is 0 Å². The van der Waals surface area contributed by atoms with E-state index in [1.807, 2.05) is 7.05 Å². The monoisotopic (exact) mass is 255 g/mol. The molecule has 1 saturated heterocycles. The zero-order valence-electron chi connectivity index (χ0n) is 10.6. The standard InChI is InChI=1S/C12H21N3OS/c1-3-4-15-5-6-16-11(8-15)12-14-10(7-13-2)9-17-12/h9,11,13H,3-8H2,1-2H3. The lowest BCUT2D eigenvalue weighted by molar-refractivity contribution is -0.0299. The van der Waals surface area contributed by atoms with Gasteiger partial charge < -0.3 is 10.1 Å². The van der Waals surface area contributed by atoms with Gasteiger partial charge in [0.05, 0.1) is 12.3 Å². The van der Waals surface area contributed by atoms with Crippen molar-refractivity contribution in [2.24, 2.45) is 0 Å². The SMILES string of the molecule is CCCN1CCOC(c2nc(CNC)cs2)C1. The fourth-order valence-electron chi connectivity index (χ4n) is 2.10. The highest BCUT2D eigenvalue weighted by molar-refractivity contribution is 7.09. The largest absolute Gasteiger partial charge is 0.368 e. The number of nitrogens with zero attached hydrogens (tertiary/aromatic N) is 2. The van der Waals surface area contributed by atoms with E-state index in [4.69, 9.17) is 4.74 Å². The molecule has 1 atom stereocenters. The van der Waals surface area contributed by atoms with Gasteiger partial charge >= 0.3 is 0 Å². The summed E-state index contributed by atoms with van der Waals surface area (Å²) in [5.41, 5.74) is 1.11. The van der Waals surface area contributed by atoms with Gasteiger partial charge in [-0.05, 0) is 20.0 Å². The summed E-state index contributed by atoms with van der Waals surface area (Å²) in [6.07, 6.45) is 1.38. The number of aromatic nitrogens is 1. The van der Waals surface area contributed by atoms with E-state index in [-0.39, 0.29) is 6.10 Å². The third kappa shape index (κ3) is 3.48. The van der Waals surface area contributed by atoms with Gasteiger partial charge in [-0.15, -0.1) is 11.3 Å². The minimum Gasteiger partial charge on any atom is -0.368 e. The van der Waals surface area contributed by atoms with Crippen molar-refractivity contribution in [2.45, 2.75) is 26.0 Å². The predicted octanol–water partition coefficient (Wildman–Crippen LogP) is 1.65. The Morgan fingerprint density at radius 2 is 2.53 bits per heavy atom. The highest BCUT2D eigenvalue weighted by Crippen LogP contribution is 2.25. The minimum absolute atomic E-state index is 0.172. The first-order valence-electron chi connectivity index (χ1n) is 6.26. The molecular weight excluding hydrogens is 234 g/mol. The van der Waals surface area contributed by atoms with Gasteiger partial charge in [-0.1, -0.05) is 6.92 Å². The molecule has 1 N–H and O–H groups in total. The first kappa shape index (κ1) is 13.0. The normalized spacial score (nSPS) is 21.9. The number of rotatable bonds is 5. The molecule has 0 radical (unpaired) electrons. The average Bonchev–Trinajstić information content (AvgIpc) is 2.79.